The van der Waals surface area contributed by atoms with Crippen LogP contribution in [0, 0.1) is 5.92 Å². The lowest BCUT2D eigenvalue weighted by atomic mass is 10.1. The summed E-state index contributed by atoms with van der Waals surface area (Å²) >= 11 is 3.28. The predicted octanol–water partition coefficient (Wildman–Crippen LogP) is 1.49. The van der Waals surface area contributed by atoms with Crippen molar-refractivity contribution in [2.24, 2.45) is 5.92 Å². The van der Waals surface area contributed by atoms with Crippen LogP contribution in [0.5, 0.6) is 0 Å². The van der Waals surface area contributed by atoms with Gasteiger partial charge in [0.25, 0.3) is 0 Å². The van der Waals surface area contributed by atoms with E-state index in [0.29, 0.717) is 17.0 Å². The van der Waals surface area contributed by atoms with Crippen LogP contribution < -0.4 is 4.72 Å². The van der Waals surface area contributed by atoms with Crippen LogP contribution >= 0.6 is 15.9 Å². The molecule has 0 aromatic rings. The molecule has 78 valence electrons. The summed E-state index contributed by atoms with van der Waals surface area (Å²) in [6.07, 6.45) is 2.13. The van der Waals surface area contributed by atoms with Gasteiger partial charge < -0.3 is 0 Å². The van der Waals surface area contributed by atoms with Crippen molar-refractivity contribution < 1.29 is 8.42 Å². The molecular formula is C8H16BrNO2S. The van der Waals surface area contributed by atoms with E-state index in [-0.39, 0.29) is 5.54 Å². The molecule has 0 saturated heterocycles. The number of rotatable bonds is 5. The van der Waals surface area contributed by atoms with Gasteiger partial charge in [-0.05, 0) is 32.6 Å². The molecule has 13 heavy (non-hydrogen) atoms. The van der Waals surface area contributed by atoms with Crippen molar-refractivity contribution in [3.63, 3.8) is 0 Å². The number of halogens is 1. The van der Waals surface area contributed by atoms with E-state index in [0.717, 1.165) is 12.8 Å². The third-order valence-corrected chi connectivity index (χ3v) is 5.09. The minimum Gasteiger partial charge on any atom is -0.212 e. The second kappa shape index (κ2) is 3.87. The van der Waals surface area contributed by atoms with E-state index in [9.17, 15) is 8.42 Å². The van der Waals surface area contributed by atoms with Gasteiger partial charge in [-0.2, -0.15) is 0 Å². The number of sulfonamides is 1. The van der Waals surface area contributed by atoms with Crippen molar-refractivity contribution in [3.05, 3.63) is 0 Å². The van der Waals surface area contributed by atoms with Crippen molar-refractivity contribution in [2.75, 3.05) is 11.1 Å². The molecule has 1 aliphatic rings. The predicted molar refractivity (Wildman–Crippen MR) is 57.5 cm³/mol. The SMILES string of the molecule is CC(C)(CBr)NS(=O)(=O)CC1CC1. The lowest BCUT2D eigenvalue weighted by molar-refractivity contribution is 0.499. The molecule has 0 heterocycles. The fourth-order valence-electron chi connectivity index (χ4n) is 1.08. The maximum absolute atomic E-state index is 11.5. The van der Waals surface area contributed by atoms with Gasteiger partial charge in [0.05, 0.1) is 5.75 Å². The molecular weight excluding hydrogens is 254 g/mol. The summed E-state index contributed by atoms with van der Waals surface area (Å²) in [5.74, 6) is 0.701. The van der Waals surface area contributed by atoms with Crippen LogP contribution in [0.3, 0.4) is 0 Å². The number of hydrogen-bond acceptors (Lipinski definition) is 2. The van der Waals surface area contributed by atoms with Gasteiger partial charge in [0.1, 0.15) is 0 Å². The Bertz CT molecular complexity index is 270. The monoisotopic (exact) mass is 269 g/mol. The molecule has 1 fully saturated rings. The summed E-state index contributed by atoms with van der Waals surface area (Å²) in [6.45, 7) is 3.73. The fraction of sp³-hybridized carbons (Fsp3) is 1.00. The highest BCUT2D eigenvalue weighted by Gasteiger charge is 2.31. The summed E-state index contributed by atoms with van der Waals surface area (Å²) in [4.78, 5) is 0. The number of alkyl halides is 1. The Labute approximate surface area is 88.5 Å². The second-order valence-corrected chi connectivity index (χ2v) is 6.67. The Hall–Kier alpha value is 0.390. The van der Waals surface area contributed by atoms with Crippen LogP contribution in [0.4, 0.5) is 0 Å². The van der Waals surface area contributed by atoms with Gasteiger partial charge in [0.2, 0.25) is 10.0 Å². The van der Waals surface area contributed by atoms with Gasteiger partial charge in [-0.25, -0.2) is 13.1 Å². The molecule has 0 spiro atoms. The van der Waals surface area contributed by atoms with Crippen LogP contribution in [0.1, 0.15) is 26.7 Å². The maximum Gasteiger partial charge on any atom is 0.212 e. The summed E-state index contributed by atoms with van der Waals surface area (Å²) < 4.78 is 25.7. The quantitative estimate of drug-likeness (QED) is 0.769. The Morgan fingerprint density at radius 2 is 2.00 bits per heavy atom. The first-order valence-electron chi connectivity index (χ1n) is 4.42. The van der Waals surface area contributed by atoms with Crippen molar-refractivity contribution in [3.8, 4) is 0 Å². The van der Waals surface area contributed by atoms with Gasteiger partial charge in [0.15, 0.2) is 0 Å². The largest absolute Gasteiger partial charge is 0.212 e. The number of hydrogen-bond donors (Lipinski definition) is 1. The van der Waals surface area contributed by atoms with Crippen molar-refractivity contribution in [1.29, 1.82) is 0 Å². The van der Waals surface area contributed by atoms with Crippen molar-refractivity contribution >= 4 is 26.0 Å². The average Bonchev–Trinajstić information content (AvgIpc) is 2.68. The van der Waals surface area contributed by atoms with Crippen LogP contribution in [0.25, 0.3) is 0 Å². The highest BCUT2D eigenvalue weighted by molar-refractivity contribution is 9.09. The van der Waals surface area contributed by atoms with Gasteiger partial charge in [-0.1, -0.05) is 15.9 Å². The normalized spacial score (nSPS) is 19.0. The third-order valence-electron chi connectivity index (χ3n) is 1.92. The molecule has 0 unspecified atom stereocenters. The van der Waals surface area contributed by atoms with E-state index in [1.807, 2.05) is 13.8 Å². The van der Waals surface area contributed by atoms with E-state index >= 15 is 0 Å². The molecule has 1 aliphatic carbocycles. The van der Waals surface area contributed by atoms with E-state index in [4.69, 9.17) is 0 Å². The number of nitrogens with one attached hydrogen (secondary N) is 1. The zero-order valence-corrected chi connectivity index (χ0v) is 10.4. The van der Waals surface area contributed by atoms with Crippen LogP contribution in [-0.4, -0.2) is 25.0 Å². The van der Waals surface area contributed by atoms with E-state index in [1.54, 1.807) is 0 Å². The van der Waals surface area contributed by atoms with E-state index in [2.05, 4.69) is 20.7 Å². The maximum atomic E-state index is 11.5. The molecule has 0 aromatic heterocycles. The zero-order chi connectivity index (χ0) is 10.1. The minimum atomic E-state index is -3.07. The van der Waals surface area contributed by atoms with E-state index in [1.165, 1.54) is 0 Å². The van der Waals surface area contributed by atoms with Gasteiger partial charge in [0, 0.05) is 10.9 Å². The zero-order valence-electron chi connectivity index (χ0n) is 8.01. The Balaban J connectivity index is 2.49. The standard InChI is InChI=1S/C8H16BrNO2S/c1-8(2,6-9)10-13(11,12)5-7-3-4-7/h7,10H,3-6H2,1-2H3. The minimum absolute atomic E-state index is 0.295. The lowest BCUT2D eigenvalue weighted by Gasteiger charge is -2.23. The molecule has 0 aromatic carbocycles. The van der Waals surface area contributed by atoms with Crippen LogP contribution in [-0.2, 0) is 10.0 Å². The molecule has 5 heteroatoms. The summed E-state index contributed by atoms with van der Waals surface area (Å²) in [5, 5.41) is 0.629. The Morgan fingerprint density at radius 3 is 2.38 bits per heavy atom. The van der Waals surface area contributed by atoms with Gasteiger partial charge in [-0.3, -0.25) is 0 Å². The van der Waals surface area contributed by atoms with Crippen LogP contribution in [0.15, 0.2) is 0 Å². The highest BCUT2D eigenvalue weighted by atomic mass is 79.9. The first-order chi connectivity index (χ1) is 5.85. The molecule has 0 bridgehead atoms. The molecule has 0 aliphatic heterocycles. The molecule has 1 rings (SSSR count). The smallest absolute Gasteiger partial charge is 0.212 e. The van der Waals surface area contributed by atoms with Crippen molar-refractivity contribution in [1.82, 2.24) is 4.72 Å². The summed E-state index contributed by atoms with van der Waals surface area (Å²) in [7, 11) is -3.07. The molecule has 3 nitrogen and oxygen atoms in total. The topological polar surface area (TPSA) is 46.2 Å². The molecule has 0 atom stereocenters. The first-order valence-corrected chi connectivity index (χ1v) is 7.20. The average molecular weight is 270 g/mol. The van der Waals surface area contributed by atoms with Crippen molar-refractivity contribution in [2.45, 2.75) is 32.2 Å². The van der Waals surface area contributed by atoms with Gasteiger partial charge >= 0.3 is 0 Å². The fourth-order valence-corrected chi connectivity index (χ4v) is 3.36. The molecule has 1 N–H and O–H groups in total. The Morgan fingerprint density at radius 1 is 1.46 bits per heavy atom. The molecule has 0 amide bonds. The lowest BCUT2D eigenvalue weighted by Crippen LogP contribution is -2.45. The summed E-state index contributed by atoms with van der Waals surface area (Å²) in [5.41, 5.74) is -0.381. The van der Waals surface area contributed by atoms with Gasteiger partial charge in [-0.15, -0.1) is 0 Å². The van der Waals surface area contributed by atoms with Crippen LogP contribution in [0.2, 0.25) is 0 Å². The third kappa shape index (κ3) is 4.42. The Kier molecular flexibility index (Phi) is 3.41. The summed E-state index contributed by atoms with van der Waals surface area (Å²) in [6, 6.07) is 0. The second-order valence-electron chi connectivity index (χ2n) is 4.34. The van der Waals surface area contributed by atoms with E-state index < -0.39 is 10.0 Å². The molecule has 1 saturated carbocycles. The first kappa shape index (κ1) is 11.5. The molecule has 0 radical (unpaired) electrons. The highest BCUT2D eigenvalue weighted by Crippen LogP contribution is 2.30.